The van der Waals surface area contributed by atoms with Crippen molar-refractivity contribution in [1.29, 1.82) is 0 Å². The Kier molecular flexibility index (Phi) is 19.9. The van der Waals surface area contributed by atoms with Crippen molar-refractivity contribution < 1.29 is 0 Å². The lowest BCUT2D eigenvalue weighted by molar-refractivity contribution is 0.571. The molecule has 0 aromatic rings. The van der Waals surface area contributed by atoms with Crippen LogP contribution in [0.3, 0.4) is 0 Å². The Morgan fingerprint density at radius 1 is 0.353 bits per heavy atom. The lowest BCUT2D eigenvalue weighted by atomic mass is 10.3. The summed E-state index contributed by atoms with van der Waals surface area (Å²) in [6.07, 6.45) is 3.70. The molecule has 4 N–H and O–H groups in total. The van der Waals surface area contributed by atoms with Crippen LogP contribution in [0.15, 0.2) is 0 Å². The molecule has 1 saturated heterocycles. The normalized spacial score (nSPS) is 21.2. The predicted octanol–water partition coefficient (Wildman–Crippen LogP) is 0.685. The summed E-state index contributed by atoms with van der Waals surface area (Å²) in [4.78, 5) is 0. The predicted molar refractivity (Wildman–Crippen MR) is 86.0 cm³/mol. The highest BCUT2D eigenvalue weighted by atomic mass is 79.9. The summed E-state index contributed by atoms with van der Waals surface area (Å²) in [7, 11) is 0. The Hall–Kier alpha value is 0.800. The van der Waals surface area contributed by atoms with Crippen molar-refractivity contribution in [2.45, 2.75) is 19.3 Å². The first kappa shape index (κ1) is 20.1. The van der Waals surface area contributed by atoms with Crippen LogP contribution >= 0.6 is 34.0 Å². The van der Waals surface area contributed by atoms with Crippen LogP contribution < -0.4 is 21.3 Å². The fraction of sp³-hybridized carbons (Fsp3) is 1.00. The van der Waals surface area contributed by atoms with Crippen LogP contribution in [0.4, 0.5) is 0 Å². The zero-order valence-corrected chi connectivity index (χ0v) is 14.0. The maximum Gasteiger partial charge on any atom is 0.00767 e. The van der Waals surface area contributed by atoms with Gasteiger partial charge >= 0.3 is 0 Å². The van der Waals surface area contributed by atoms with Gasteiger partial charge in [0.1, 0.15) is 0 Å². The summed E-state index contributed by atoms with van der Waals surface area (Å²) < 4.78 is 0. The Bertz CT molecular complexity index is 80.0. The molecule has 1 aliphatic rings. The third-order valence-corrected chi connectivity index (χ3v) is 2.60. The third-order valence-electron chi connectivity index (χ3n) is 2.60. The van der Waals surface area contributed by atoms with Crippen molar-refractivity contribution in [2.75, 3.05) is 52.4 Å². The fourth-order valence-electron chi connectivity index (χ4n) is 1.69. The molecule has 17 heavy (non-hydrogen) atoms. The van der Waals surface area contributed by atoms with E-state index in [-0.39, 0.29) is 34.0 Å². The van der Waals surface area contributed by atoms with Gasteiger partial charge in [-0.25, -0.2) is 0 Å². The van der Waals surface area contributed by atoms with Crippen LogP contribution in [-0.4, -0.2) is 52.4 Å². The van der Waals surface area contributed by atoms with E-state index in [0.717, 1.165) is 52.4 Å². The molecule has 0 saturated carbocycles. The van der Waals surface area contributed by atoms with Crippen LogP contribution in [0.5, 0.6) is 0 Å². The number of hydrogen-bond donors (Lipinski definition) is 4. The molecule has 0 aliphatic carbocycles. The molecule has 4 nitrogen and oxygen atoms in total. The van der Waals surface area contributed by atoms with Crippen LogP contribution in [0, 0.1) is 0 Å². The molecule has 6 heteroatoms. The van der Waals surface area contributed by atoms with Gasteiger partial charge in [0.2, 0.25) is 0 Å². The zero-order valence-electron chi connectivity index (χ0n) is 10.6. The van der Waals surface area contributed by atoms with Gasteiger partial charge in [0.05, 0.1) is 0 Å². The van der Waals surface area contributed by atoms with E-state index >= 15 is 0 Å². The molecule has 0 aromatic heterocycles. The van der Waals surface area contributed by atoms with E-state index in [0.29, 0.717) is 0 Å². The average Bonchev–Trinajstić information content (AvgIpc) is 2.27. The summed E-state index contributed by atoms with van der Waals surface area (Å²) >= 11 is 0. The van der Waals surface area contributed by atoms with Crippen molar-refractivity contribution in [3.05, 3.63) is 0 Å². The molecule has 0 aromatic carbocycles. The molecule has 0 radical (unpaired) electrons. The minimum atomic E-state index is 0. The maximum atomic E-state index is 3.46. The van der Waals surface area contributed by atoms with Crippen LogP contribution in [-0.2, 0) is 0 Å². The van der Waals surface area contributed by atoms with E-state index < -0.39 is 0 Å². The largest absolute Gasteiger partial charge is 0.317 e. The van der Waals surface area contributed by atoms with Gasteiger partial charge in [-0.3, -0.25) is 0 Å². The van der Waals surface area contributed by atoms with Gasteiger partial charge in [0, 0.05) is 13.1 Å². The van der Waals surface area contributed by atoms with Crippen LogP contribution in [0.1, 0.15) is 19.3 Å². The Balaban J connectivity index is 0. The summed E-state index contributed by atoms with van der Waals surface area (Å²) in [6.45, 7) is 9.01. The molecule has 0 spiro atoms. The smallest absolute Gasteiger partial charge is 0.00767 e. The standard InChI is InChI=1S/C11H26N4.2BrH/c1-4-12-6-2-8-14-10-11-15-9-3-7-13-5-1;;/h12-15H,1-11H2;2*1H. The second-order valence-electron chi connectivity index (χ2n) is 4.06. The molecule has 0 bridgehead atoms. The summed E-state index contributed by atoms with van der Waals surface area (Å²) in [5.74, 6) is 0. The first-order valence-corrected chi connectivity index (χ1v) is 6.33. The van der Waals surface area contributed by atoms with E-state index in [1.165, 1.54) is 19.3 Å². The zero-order chi connectivity index (χ0) is 10.6. The second kappa shape index (κ2) is 16.8. The molecule has 0 amide bonds. The third kappa shape index (κ3) is 14.7. The quantitative estimate of drug-likeness (QED) is 0.503. The van der Waals surface area contributed by atoms with Gasteiger partial charge in [-0.15, -0.1) is 34.0 Å². The molecule has 106 valence electrons. The van der Waals surface area contributed by atoms with E-state index in [1.807, 2.05) is 0 Å². The topological polar surface area (TPSA) is 48.1 Å². The van der Waals surface area contributed by atoms with Crippen molar-refractivity contribution >= 4 is 34.0 Å². The Morgan fingerprint density at radius 2 is 0.588 bits per heavy atom. The van der Waals surface area contributed by atoms with Gasteiger partial charge in [-0.1, -0.05) is 0 Å². The number of nitrogens with one attached hydrogen (secondary N) is 4. The Labute approximate surface area is 127 Å². The summed E-state index contributed by atoms with van der Waals surface area (Å²) in [5, 5.41) is 13.8. The first-order chi connectivity index (χ1) is 7.50. The van der Waals surface area contributed by atoms with Gasteiger partial charge < -0.3 is 21.3 Å². The fourth-order valence-corrected chi connectivity index (χ4v) is 1.69. The average molecular weight is 376 g/mol. The lowest BCUT2D eigenvalue weighted by Gasteiger charge is -2.06. The first-order valence-electron chi connectivity index (χ1n) is 6.33. The van der Waals surface area contributed by atoms with Crippen LogP contribution in [0.25, 0.3) is 0 Å². The number of rotatable bonds is 0. The molecule has 1 rings (SSSR count). The van der Waals surface area contributed by atoms with Crippen molar-refractivity contribution in [1.82, 2.24) is 21.3 Å². The van der Waals surface area contributed by atoms with Crippen molar-refractivity contribution in [2.24, 2.45) is 0 Å². The highest BCUT2D eigenvalue weighted by Gasteiger charge is 1.93. The minimum absolute atomic E-state index is 0. The van der Waals surface area contributed by atoms with Gasteiger partial charge in [-0.05, 0) is 58.5 Å². The van der Waals surface area contributed by atoms with Gasteiger partial charge in [0.25, 0.3) is 0 Å². The Morgan fingerprint density at radius 3 is 0.882 bits per heavy atom. The maximum absolute atomic E-state index is 3.46. The summed E-state index contributed by atoms with van der Waals surface area (Å²) in [5.41, 5.74) is 0. The molecule has 1 aliphatic heterocycles. The second-order valence-corrected chi connectivity index (χ2v) is 4.06. The van der Waals surface area contributed by atoms with E-state index in [1.54, 1.807) is 0 Å². The SMILES string of the molecule is Br.Br.C1CNCCCNCCNCCCNC1. The van der Waals surface area contributed by atoms with Crippen LogP contribution in [0.2, 0.25) is 0 Å². The molecular weight excluding hydrogens is 348 g/mol. The monoisotopic (exact) mass is 374 g/mol. The highest BCUT2D eigenvalue weighted by Crippen LogP contribution is 1.79. The van der Waals surface area contributed by atoms with Gasteiger partial charge in [0.15, 0.2) is 0 Å². The lowest BCUT2D eigenvalue weighted by Crippen LogP contribution is -2.30. The van der Waals surface area contributed by atoms with Gasteiger partial charge in [-0.2, -0.15) is 0 Å². The number of hydrogen-bond acceptors (Lipinski definition) is 4. The van der Waals surface area contributed by atoms with E-state index in [4.69, 9.17) is 0 Å². The number of halogens is 2. The molecular formula is C11H28Br2N4. The molecule has 1 fully saturated rings. The molecule has 1 heterocycles. The van der Waals surface area contributed by atoms with Crippen molar-refractivity contribution in [3.63, 3.8) is 0 Å². The molecule has 0 unspecified atom stereocenters. The summed E-state index contributed by atoms with van der Waals surface area (Å²) in [6, 6.07) is 0. The van der Waals surface area contributed by atoms with E-state index in [2.05, 4.69) is 21.3 Å². The minimum Gasteiger partial charge on any atom is -0.317 e. The van der Waals surface area contributed by atoms with Crippen molar-refractivity contribution in [3.8, 4) is 0 Å². The molecule has 0 atom stereocenters. The van der Waals surface area contributed by atoms with E-state index in [9.17, 15) is 0 Å². The highest BCUT2D eigenvalue weighted by molar-refractivity contribution is 8.93.